The number of benzene rings is 1. The van der Waals surface area contributed by atoms with E-state index in [2.05, 4.69) is 26.8 Å². The lowest BCUT2D eigenvalue weighted by molar-refractivity contribution is -0.119. The van der Waals surface area contributed by atoms with Gasteiger partial charge < -0.3 is 15.4 Å². The highest BCUT2D eigenvalue weighted by Crippen LogP contribution is 2.42. The summed E-state index contributed by atoms with van der Waals surface area (Å²) in [6.07, 6.45) is 6.71. The topological polar surface area (TPSA) is 139 Å². The second-order valence-electron chi connectivity index (χ2n) is 8.66. The molecule has 0 bridgehead atoms. The van der Waals surface area contributed by atoms with Gasteiger partial charge in [-0.3, -0.25) is 19.1 Å². The summed E-state index contributed by atoms with van der Waals surface area (Å²) in [5, 5.41) is 21.0. The summed E-state index contributed by atoms with van der Waals surface area (Å²) in [5.41, 5.74) is 2.20. The van der Waals surface area contributed by atoms with E-state index in [1.807, 2.05) is 31.2 Å². The summed E-state index contributed by atoms with van der Waals surface area (Å²) in [5.74, 6) is -1.11. The number of thiazole rings is 1. The van der Waals surface area contributed by atoms with Gasteiger partial charge in [0.2, 0.25) is 0 Å². The van der Waals surface area contributed by atoms with Crippen LogP contribution in [0.15, 0.2) is 41.9 Å². The number of aromatic nitrogens is 3. The van der Waals surface area contributed by atoms with Crippen LogP contribution < -0.4 is 10.6 Å². The summed E-state index contributed by atoms with van der Waals surface area (Å²) < 4.78 is 6.62. The Morgan fingerprint density at radius 2 is 2.11 bits per heavy atom. The first-order valence-corrected chi connectivity index (χ1v) is 12.5. The van der Waals surface area contributed by atoms with Crippen molar-refractivity contribution >= 4 is 40.1 Å². The molecule has 0 aliphatic heterocycles. The summed E-state index contributed by atoms with van der Waals surface area (Å²) in [6.45, 7) is 3.34. The molecule has 0 spiro atoms. The molecule has 0 saturated heterocycles. The van der Waals surface area contributed by atoms with Crippen molar-refractivity contribution in [3.05, 3.63) is 58.7 Å². The van der Waals surface area contributed by atoms with E-state index in [9.17, 15) is 19.6 Å². The van der Waals surface area contributed by atoms with Gasteiger partial charge in [-0.2, -0.15) is 10.4 Å². The Bertz CT molecular complexity index is 1410. The van der Waals surface area contributed by atoms with Crippen molar-refractivity contribution in [2.24, 2.45) is 0 Å². The maximum atomic E-state index is 12.9. The third-order valence-electron chi connectivity index (χ3n) is 5.96. The predicted octanol–water partition coefficient (Wildman–Crippen LogP) is 3.64. The molecule has 1 aromatic carbocycles. The van der Waals surface area contributed by atoms with Gasteiger partial charge in [-0.1, -0.05) is 24.3 Å². The Balaban J connectivity index is 1.45. The Morgan fingerprint density at radius 1 is 1.32 bits per heavy atom. The van der Waals surface area contributed by atoms with Crippen LogP contribution in [0.4, 0.5) is 5.13 Å². The molecule has 0 radical (unpaired) electrons. The molecule has 190 valence electrons. The highest BCUT2D eigenvalue weighted by Gasteiger charge is 2.46. The van der Waals surface area contributed by atoms with E-state index in [4.69, 9.17) is 4.74 Å². The lowest BCUT2D eigenvalue weighted by atomic mass is 9.99. The number of ether oxygens (including phenoxy) is 1. The molecule has 2 amide bonds. The van der Waals surface area contributed by atoms with Crippen LogP contribution >= 0.6 is 11.3 Å². The maximum Gasteiger partial charge on any atom is 0.272 e. The number of Topliss-reactive ketones (excluding diaryl/α,β-unsaturated/α-hetero) is 1. The zero-order valence-electron chi connectivity index (χ0n) is 20.6. The fourth-order valence-corrected chi connectivity index (χ4v) is 4.50. The normalized spacial score (nSPS) is 14.6. The third-order valence-corrected chi connectivity index (χ3v) is 6.71. The molecule has 1 fully saturated rings. The molecule has 10 nitrogen and oxygen atoms in total. The van der Waals surface area contributed by atoms with Gasteiger partial charge >= 0.3 is 0 Å². The van der Waals surface area contributed by atoms with Gasteiger partial charge in [0.1, 0.15) is 17.3 Å². The van der Waals surface area contributed by atoms with Gasteiger partial charge in [0, 0.05) is 29.8 Å². The SMILES string of the molecule is C/C=C\c1ccc(-c2csc(NC(=O)C(COC)NC(=O)c3ccn(C4(C#N)CC4)n3)n2)cc1C(C)=O. The molecule has 1 saturated carbocycles. The molecule has 4 rings (SSSR count). The van der Waals surface area contributed by atoms with Gasteiger partial charge in [0.15, 0.2) is 10.9 Å². The second-order valence-corrected chi connectivity index (χ2v) is 9.51. The number of carbonyl (C=O) groups is 3. The fourth-order valence-electron chi connectivity index (χ4n) is 3.78. The quantitative estimate of drug-likeness (QED) is 0.391. The average Bonchev–Trinajstić information content (AvgIpc) is 3.27. The van der Waals surface area contributed by atoms with Crippen molar-refractivity contribution in [3.8, 4) is 17.3 Å². The Morgan fingerprint density at radius 3 is 2.76 bits per heavy atom. The largest absolute Gasteiger partial charge is 0.382 e. The highest BCUT2D eigenvalue weighted by molar-refractivity contribution is 7.14. The average molecular weight is 519 g/mol. The minimum absolute atomic E-state index is 0.0541. The lowest BCUT2D eigenvalue weighted by Crippen LogP contribution is -2.46. The zero-order chi connectivity index (χ0) is 26.6. The molecule has 2 N–H and O–H groups in total. The summed E-state index contributed by atoms with van der Waals surface area (Å²) >= 11 is 1.23. The van der Waals surface area contributed by atoms with Gasteiger partial charge in [-0.25, -0.2) is 4.98 Å². The number of carbonyl (C=O) groups excluding carboxylic acids is 3. The number of allylic oxidation sites excluding steroid dienone is 1. The van der Waals surface area contributed by atoms with Crippen LogP contribution in [0.25, 0.3) is 17.3 Å². The maximum absolute atomic E-state index is 12.9. The number of anilines is 1. The van der Waals surface area contributed by atoms with E-state index in [1.165, 1.54) is 36.1 Å². The second kappa shape index (κ2) is 10.9. The zero-order valence-corrected chi connectivity index (χ0v) is 21.5. The van der Waals surface area contributed by atoms with Gasteiger partial charge in [-0.05, 0) is 44.4 Å². The standard InChI is InChI=1S/C26H26N6O4S/c1-4-5-17-6-7-18(12-19(17)16(2)33)22-14-37-25(29-22)30-24(35)21(13-36-3)28-23(34)20-8-11-32(31-20)26(15-27)9-10-26/h4-8,11-12,14,21H,9-10,13H2,1-3H3,(H,28,34)(H,29,30,35)/b5-4-. The molecule has 1 aliphatic carbocycles. The molecule has 37 heavy (non-hydrogen) atoms. The number of methoxy groups -OCH3 is 1. The molecule has 1 aliphatic rings. The first kappa shape index (κ1) is 25.9. The fraction of sp³-hybridized carbons (Fsp3) is 0.308. The number of rotatable bonds is 10. The summed E-state index contributed by atoms with van der Waals surface area (Å²) in [7, 11) is 1.43. The Hall–Kier alpha value is -4.14. The van der Waals surface area contributed by atoms with Crippen LogP contribution in [0, 0.1) is 11.3 Å². The highest BCUT2D eigenvalue weighted by atomic mass is 32.1. The molecule has 2 heterocycles. The molecule has 1 atom stereocenters. The molecular weight excluding hydrogens is 492 g/mol. The van der Waals surface area contributed by atoms with Crippen LogP contribution in [-0.4, -0.2) is 52.1 Å². The van der Waals surface area contributed by atoms with Gasteiger partial charge in [-0.15, -0.1) is 11.3 Å². The smallest absolute Gasteiger partial charge is 0.272 e. The number of amides is 2. The predicted molar refractivity (Wildman–Crippen MR) is 139 cm³/mol. The summed E-state index contributed by atoms with van der Waals surface area (Å²) in [4.78, 5) is 42.2. The molecule has 1 unspecified atom stereocenters. The van der Waals surface area contributed by atoms with Crippen molar-refractivity contribution in [2.75, 3.05) is 19.0 Å². The summed E-state index contributed by atoms with van der Waals surface area (Å²) in [6, 6.07) is 8.24. The number of hydrogen-bond acceptors (Lipinski definition) is 8. The molecule has 3 aromatic rings. The van der Waals surface area contributed by atoms with E-state index in [-0.39, 0.29) is 18.1 Å². The number of nitrogens with one attached hydrogen (secondary N) is 2. The van der Waals surface area contributed by atoms with Crippen molar-refractivity contribution in [1.82, 2.24) is 20.1 Å². The van der Waals surface area contributed by atoms with Crippen molar-refractivity contribution in [3.63, 3.8) is 0 Å². The van der Waals surface area contributed by atoms with Crippen LogP contribution in [0.5, 0.6) is 0 Å². The third kappa shape index (κ3) is 5.66. The Kier molecular flexibility index (Phi) is 7.61. The molecular formula is C26H26N6O4S. The Labute approximate surface area is 218 Å². The number of nitriles is 1. The van der Waals surface area contributed by atoms with Gasteiger partial charge in [0.05, 0.1) is 18.4 Å². The molecule has 2 aromatic heterocycles. The van der Waals surface area contributed by atoms with Crippen molar-refractivity contribution in [1.29, 1.82) is 5.26 Å². The van der Waals surface area contributed by atoms with E-state index in [1.54, 1.807) is 17.6 Å². The van der Waals surface area contributed by atoms with Crippen LogP contribution in [0.2, 0.25) is 0 Å². The first-order valence-electron chi connectivity index (χ1n) is 11.6. The van der Waals surface area contributed by atoms with E-state index in [0.717, 1.165) is 11.1 Å². The number of hydrogen-bond donors (Lipinski definition) is 2. The van der Waals surface area contributed by atoms with E-state index in [0.29, 0.717) is 29.2 Å². The van der Waals surface area contributed by atoms with Crippen molar-refractivity contribution in [2.45, 2.75) is 38.3 Å². The minimum Gasteiger partial charge on any atom is -0.382 e. The van der Waals surface area contributed by atoms with Crippen LogP contribution in [0.1, 0.15) is 53.1 Å². The lowest BCUT2D eigenvalue weighted by Gasteiger charge is -2.16. The van der Waals surface area contributed by atoms with Crippen molar-refractivity contribution < 1.29 is 19.1 Å². The van der Waals surface area contributed by atoms with Gasteiger partial charge in [0.25, 0.3) is 11.8 Å². The number of nitrogens with zero attached hydrogens (tertiary/aromatic N) is 4. The first-order chi connectivity index (χ1) is 17.8. The minimum atomic E-state index is -0.995. The number of ketones is 1. The monoisotopic (exact) mass is 518 g/mol. The van der Waals surface area contributed by atoms with Crippen LogP contribution in [0.3, 0.4) is 0 Å². The van der Waals surface area contributed by atoms with E-state index < -0.39 is 23.4 Å². The van der Waals surface area contributed by atoms with E-state index >= 15 is 0 Å². The molecule has 11 heteroatoms. The van der Waals surface area contributed by atoms with Crippen LogP contribution in [-0.2, 0) is 15.1 Å².